The average Bonchev–Trinajstić information content (AvgIpc) is 3.18. The Morgan fingerprint density at radius 3 is 2.76 bits per heavy atom. The number of hydrogen-bond donors (Lipinski definition) is 1. The summed E-state index contributed by atoms with van der Waals surface area (Å²) in [5.74, 6) is 1.56. The van der Waals surface area contributed by atoms with Crippen LogP contribution in [0.15, 0.2) is 17.4 Å². The van der Waals surface area contributed by atoms with E-state index >= 15 is 0 Å². The topological polar surface area (TPSA) is 57.9 Å². The van der Waals surface area contributed by atoms with E-state index in [1.54, 1.807) is 0 Å². The number of nitrogens with zero attached hydrogens (tertiary/aromatic N) is 5. The summed E-state index contributed by atoms with van der Waals surface area (Å²) < 4.78 is 7.32. The number of likely N-dealkylation sites (N-methyl/N-ethyl adjacent to an activating group) is 1. The van der Waals surface area contributed by atoms with Crippen LogP contribution in [0, 0.1) is 5.92 Å². The van der Waals surface area contributed by atoms with Crippen molar-refractivity contribution in [3.8, 4) is 0 Å². The second-order valence-corrected chi connectivity index (χ2v) is 6.73. The van der Waals surface area contributed by atoms with E-state index in [9.17, 15) is 0 Å². The average molecular weight is 464 g/mol. The van der Waals surface area contributed by atoms with Crippen molar-refractivity contribution < 1.29 is 4.74 Å². The van der Waals surface area contributed by atoms with Gasteiger partial charge in [-0.15, -0.1) is 24.0 Å². The van der Waals surface area contributed by atoms with Crippen molar-refractivity contribution in [1.29, 1.82) is 0 Å². The fraction of sp³-hybridized carbons (Fsp3) is 0.765. The van der Waals surface area contributed by atoms with Crippen LogP contribution in [0.4, 0.5) is 0 Å². The van der Waals surface area contributed by atoms with Crippen molar-refractivity contribution in [2.75, 3.05) is 54.0 Å². The van der Waals surface area contributed by atoms with Crippen molar-refractivity contribution in [2.24, 2.45) is 18.0 Å². The molecular weight excluding hydrogens is 431 g/mol. The Kier molecular flexibility index (Phi) is 9.73. The van der Waals surface area contributed by atoms with Gasteiger partial charge in [-0.2, -0.15) is 5.10 Å². The van der Waals surface area contributed by atoms with Gasteiger partial charge < -0.3 is 19.9 Å². The van der Waals surface area contributed by atoms with Crippen LogP contribution >= 0.6 is 24.0 Å². The lowest BCUT2D eigenvalue weighted by Gasteiger charge is -2.26. The Hall–Kier alpha value is -0.870. The Bertz CT molecular complexity index is 527. The number of hydrogen-bond acceptors (Lipinski definition) is 4. The van der Waals surface area contributed by atoms with E-state index < -0.39 is 0 Å². The summed E-state index contributed by atoms with van der Waals surface area (Å²) in [5.41, 5.74) is 1.19. The van der Waals surface area contributed by atoms with Crippen LogP contribution in [0.5, 0.6) is 0 Å². The molecule has 1 N–H and O–H groups in total. The molecule has 1 saturated heterocycles. The standard InChI is InChI=1S/C17H32N6O.HI/c1-6-18-17(22(4)11-14-7-8-24-13-14)19-10-16(21(2)3)15-9-20-23(5)12-15;/h9,12,14,16H,6-8,10-11,13H2,1-5H3,(H,18,19);1H. The predicted octanol–water partition coefficient (Wildman–Crippen LogP) is 1.57. The van der Waals surface area contributed by atoms with Gasteiger partial charge in [-0.25, -0.2) is 0 Å². The first-order valence-electron chi connectivity index (χ1n) is 8.73. The van der Waals surface area contributed by atoms with E-state index in [4.69, 9.17) is 9.73 Å². The van der Waals surface area contributed by atoms with Crippen molar-refractivity contribution in [1.82, 2.24) is 24.9 Å². The minimum atomic E-state index is 0. The lowest BCUT2D eigenvalue weighted by molar-refractivity contribution is 0.181. The summed E-state index contributed by atoms with van der Waals surface area (Å²) in [7, 11) is 8.22. The van der Waals surface area contributed by atoms with E-state index in [1.807, 2.05) is 17.9 Å². The molecule has 0 bridgehead atoms. The second kappa shape index (κ2) is 11.0. The summed E-state index contributed by atoms with van der Waals surface area (Å²) in [6.07, 6.45) is 5.12. The lowest BCUT2D eigenvalue weighted by Crippen LogP contribution is -2.42. The van der Waals surface area contributed by atoms with Crippen molar-refractivity contribution in [2.45, 2.75) is 19.4 Å². The van der Waals surface area contributed by atoms with Gasteiger partial charge in [0.15, 0.2) is 5.96 Å². The molecule has 1 aliphatic heterocycles. The third-order valence-corrected chi connectivity index (χ3v) is 4.40. The summed E-state index contributed by atoms with van der Waals surface area (Å²) >= 11 is 0. The number of aliphatic imine (C=N–C) groups is 1. The SMILES string of the molecule is CCNC(=NCC(c1cnn(C)c1)N(C)C)N(C)CC1CCOC1.I. The van der Waals surface area contributed by atoms with Crippen LogP contribution in [-0.2, 0) is 11.8 Å². The molecule has 7 nitrogen and oxygen atoms in total. The van der Waals surface area contributed by atoms with Gasteiger partial charge >= 0.3 is 0 Å². The number of guanidine groups is 1. The minimum absolute atomic E-state index is 0. The summed E-state index contributed by atoms with van der Waals surface area (Å²) in [6, 6.07) is 0.218. The zero-order valence-electron chi connectivity index (χ0n) is 16.1. The van der Waals surface area contributed by atoms with Crippen LogP contribution in [0.2, 0.25) is 0 Å². The monoisotopic (exact) mass is 464 g/mol. The smallest absolute Gasteiger partial charge is 0.193 e. The summed E-state index contributed by atoms with van der Waals surface area (Å²) in [4.78, 5) is 9.29. The predicted molar refractivity (Wildman–Crippen MR) is 113 cm³/mol. The Labute approximate surface area is 168 Å². The lowest BCUT2D eigenvalue weighted by atomic mass is 10.1. The molecule has 25 heavy (non-hydrogen) atoms. The molecule has 2 atom stereocenters. The largest absolute Gasteiger partial charge is 0.381 e. The molecule has 0 radical (unpaired) electrons. The maximum Gasteiger partial charge on any atom is 0.193 e. The van der Waals surface area contributed by atoms with Gasteiger partial charge in [0.2, 0.25) is 0 Å². The van der Waals surface area contributed by atoms with E-state index in [-0.39, 0.29) is 30.0 Å². The molecule has 2 rings (SSSR count). The number of halogens is 1. The number of rotatable bonds is 7. The first kappa shape index (κ1) is 22.2. The minimum Gasteiger partial charge on any atom is -0.381 e. The van der Waals surface area contributed by atoms with Gasteiger partial charge in [0.05, 0.1) is 25.4 Å². The van der Waals surface area contributed by atoms with Crippen LogP contribution in [0.1, 0.15) is 24.9 Å². The highest BCUT2D eigenvalue weighted by Crippen LogP contribution is 2.18. The number of aromatic nitrogens is 2. The number of nitrogens with one attached hydrogen (secondary N) is 1. The number of aryl methyl sites for hydroxylation is 1. The maximum absolute atomic E-state index is 5.48. The zero-order valence-corrected chi connectivity index (χ0v) is 18.4. The van der Waals surface area contributed by atoms with Gasteiger partial charge in [0, 0.05) is 51.5 Å². The van der Waals surface area contributed by atoms with E-state index in [0.717, 1.165) is 38.7 Å². The molecule has 0 aromatic carbocycles. The summed E-state index contributed by atoms with van der Waals surface area (Å²) in [5, 5.41) is 7.69. The molecule has 0 saturated carbocycles. The molecule has 0 spiro atoms. The molecule has 1 fully saturated rings. The van der Waals surface area contributed by atoms with Crippen molar-refractivity contribution in [3.05, 3.63) is 18.0 Å². The molecule has 1 aromatic rings. The molecule has 2 unspecified atom stereocenters. The Morgan fingerprint density at radius 1 is 1.48 bits per heavy atom. The molecule has 1 aromatic heterocycles. The molecule has 2 heterocycles. The molecule has 0 amide bonds. The first-order valence-corrected chi connectivity index (χ1v) is 8.73. The third-order valence-electron chi connectivity index (χ3n) is 4.40. The Balaban J connectivity index is 0.00000312. The van der Waals surface area contributed by atoms with Gasteiger partial charge in [0.25, 0.3) is 0 Å². The molecule has 144 valence electrons. The van der Waals surface area contributed by atoms with Gasteiger partial charge in [-0.1, -0.05) is 0 Å². The normalized spacial score (nSPS) is 19.0. The van der Waals surface area contributed by atoms with Crippen molar-refractivity contribution in [3.63, 3.8) is 0 Å². The number of ether oxygens (including phenoxy) is 1. The van der Waals surface area contributed by atoms with Gasteiger partial charge in [-0.3, -0.25) is 9.67 Å². The fourth-order valence-corrected chi connectivity index (χ4v) is 3.02. The highest BCUT2D eigenvalue weighted by atomic mass is 127. The van der Waals surface area contributed by atoms with E-state index in [2.05, 4.69) is 54.5 Å². The maximum atomic E-state index is 5.48. The molecule has 0 aliphatic carbocycles. The van der Waals surface area contributed by atoms with Gasteiger partial charge in [-0.05, 0) is 27.4 Å². The zero-order chi connectivity index (χ0) is 17.5. The molecule has 1 aliphatic rings. The molecule has 8 heteroatoms. The first-order chi connectivity index (χ1) is 11.5. The van der Waals surface area contributed by atoms with E-state index in [1.165, 1.54) is 5.56 Å². The quantitative estimate of drug-likeness (QED) is 0.377. The Morgan fingerprint density at radius 2 is 2.24 bits per heavy atom. The highest BCUT2D eigenvalue weighted by molar-refractivity contribution is 14.0. The van der Waals surface area contributed by atoms with Gasteiger partial charge in [0.1, 0.15) is 0 Å². The van der Waals surface area contributed by atoms with Crippen LogP contribution in [0.3, 0.4) is 0 Å². The fourth-order valence-electron chi connectivity index (χ4n) is 3.02. The van der Waals surface area contributed by atoms with Crippen LogP contribution in [0.25, 0.3) is 0 Å². The summed E-state index contributed by atoms with van der Waals surface area (Å²) in [6.45, 7) is 6.39. The molecular formula is C17H33IN6O. The van der Waals surface area contributed by atoms with Crippen LogP contribution in [-0.4, -0.2) is 79.5 Å². The van der Waals surface area contributed by atoms with E-state index in [0.29, 0.717) is 12.5 Å². The highest BCUT2D eigenvalue weighted by Gasteiger charge is 2.20. The third kappa shape index (κ3) is 6.74. The van der Waals surface area contributed by atoms with Crippen molar-refractivity contribution >= 4 is 29.9 Å². The second-order valence-electron chi connectivity index (χ2n) is 6.73. The van der Waals surface area contributed by atoms with Crippen LogP contribution < -0.4 is 5.32 Å².